The summed E-state index contributed by atoms with van der Waals surface area (Å²) in [6, 6.07) is 8.90. The first-order valence-corrected chi connectivity index (χ1v) is 9.20. The van der Waals surface area contributed by atoms with E-state index in [2.05, 4.69) is 41.5 Å². The van der Waals surface area contributed by atoms with E-state index in [1.54, 1.807) is 11.3 Å². The summed E-state index contributed by atoms with van der Waals surface area (Å²) in [6.07, 6.45) is 2.19. The van der Waals surface area contributed by atoms with Crippen molar-refractivity contribution in [2.24, 2.45) is 0 Å². The number of hydrogen-bond acceptors (Lipinski definition) is 4. The highest BCUT2D eigenvalue weighted by atomic mass is 32.1. The van der Waals surface area contributed by atoms with Gasteiger partial charge in [0, 0.05) is 10.9 Å². The molecular formula is C19H21N3OS. The van der Waals surface area contributed by atoms with Crippen LogP contribution in [0.1, 0.15) is 52.8 Å². The Morgan fingerprint density at radius 1 is 1.33 bits per heavy atom. The molecule has 0 bridgehead atoms. The Morgan fingerprint density at radius 3 is 2.96 bits per heavy atom. The molecule has 2 N–H and O–H groups in total. The second-order valence-electron chi connectivity index (χ2n) is 6.59. The lowest BCUT2D eigenvalue weighted by Gasteiger charge is -2.19. The van der Waals surface area contributed by atoms with Crippen molar-refractivity contribution >= 4 is 21.6 Å². The fourth-order valence-electron chi connectivity index (χ4n) is 3.59. The number of nitrogens with one attached hydrogen (secondary N) is 2. The molecule has 4 nitrogen and oxygen atoms in total. The van der Waals surface area contributed by atoms with Gasteiger partial charge in [0.05, 0.1) is 11.4 Å². The molecule has 0 saturated heterocycles. The number of aryl methyl sites for hydroxylation is 3. The van der Waals surface area contributed by atoms with Crippen LogP contribution in [0, 0.1) is 13.8 Å². The van der Waals surface area contributed by atoms with Crippen molar-refractivity contribution in [3.05, 3.63) is 62.0 Å². The van der Waals surface area contributed by atoms with E-state index in [9.17, 15) is 4.79 Å². The SMILES string of the molecule is Cc1sc2nc([C@H](C)N[C@@H]3CCc4ccccc43)[nH]c(=O)c2c1C. The summed E-state index contributed by atoms with van der Waals surface area (Å²) >= 11 is 1.60. The maximum atomic E-state index is 12.5. The minimum Gasteiger partial charge on any atom is -0.309 e. The summed E-state index contributed by atoms with van der Waals surface area (Å²) in [5.41, 5.74) is 3.80. The summed E-state index contributed by atoms with van der Waals surface area (Å²) in [5.74, 6) is 0.720. The van der Waals surface area contributed by atoms with Gasteiger partial charge in [0.25, 0.3) is 5.56 Å². The van der Waals surface area contributed by atoms with Crippen LogP contribution in [0.5, 0.6) is 0 Å². The Hall–Kier alpha value is -1.98. The van der Waals surface area contributed by atoms with E-state index in [4.69, 9.17) is 4.98 Å². The predicted octanol–water partition coefficient (Wildman–Crippen LogP) is 3.94. The van der Waals surface area contributed by atoms with Crippen molar-refractivity contribution in [2.75, 3.05) is 0 Å². The van der Waals surface area contributed by atoms with Gasteiger partial charge in [0.2, 0.25) is 0 Å². The number of aromatic nitrogens is 2. The van der Waals surface area contributed by atoms with Gasteiger partial charge in [-0.05, 0) is 50.3 Å². The highest BCUT2D eigenvalue weighted by Crippen LogP contribution is 2.33. The van der Waals surface area contributed by atoms with Gasteiger partial charge in [0.15, 0.2) is 0 Å². The average molecular weight is 339 g/mol. The number of fused-ring (bicyclic) bond motifs is 2. The predicted molar refractivity (Wildman–Crippen MR) is 98.8 cm³/mol. The average Bonchev–Trinajstić information content (AvgIpc) is 3.09. The second kappa shape index (κ2) is 5.83. The monoisotopic (exact) mass is 339 g/mol. The number of nitrogens with zero attached hydrogens (tertiary/aromatic N) is 1. The van der Waals surface area contributed by atoms with Gasteiger partial charge in [0.1, 0.15) is 10.7 Å². The molecule has 24 heavy (non-hydrogen) atoms. The molecule has 1 aromatic carbocycles. The van der Waals surface area contributed by atoms with Crippen LogP contribution in [-0.4, -0.2) is 9.97 Å². The highest BCUT2D eigenvalue weighted by Gasteiger charge is 2.24. The molecule has 0 saturated carbocycles. The third-order valence-corrected chi connectivity index (χ3v) is 6.15. The van der Waals surface area contributed by atoms with Crippen LogP contribution in [0.15, 0.2) is 29.1 Å². The molecule has 0 amide bonds. The minimum atomic E-state index is -0.0303. The topological polar surface area (TPSA) is 57.8 Å². The number of aromatic amines is 1. The zero-order valence-electron chi connectivity index (χ0n) is 14.1. The molecule has 0 fully saturated rings. The van der Waals surface area contributed by atoms with E-state index in [1.807, 2.05) is 13.8 Å². The van der Waals surface area contributed by atoms with Crippen LogP contribution in [0.2, 0.25) is 0 Å². The third-order valence-electron chi connectivity index (χ3n) is 5.05. The molecule has 0 spiro atoms. The number of H-pyrrole nitrogens is 1. The van der Waals surface area contributed by atoms with Crippen molar-refractivity contribution in [1.82, 2.24) is 15.3 Å². The first-order valence-electron chi connectivity index (χ1n) is 8.38. The van der Waals surface area contributed by atoms with Gasteiger partial charge in [-0.25, -0.2) is 4.98 Å². The van der Waals surface area contributed by atoms with Crippen LogP contribution in [0.4, 0.5) is 0 Å². The summed E-state index contributed by atoms with van der Waals surface area (Å²) in [6.45, 7) is 6.10. The molecule has 5 heteroatoms. The standard InChI is InChI=1S/C19H21N3OS/c1-10-12(3)24-19-16(10)18(23)21-17(22-19)11(2)20-15-9-8-13-6-4-5-7-14(13)15/h4-7,11,15,20H,8-9H2,1-3H3,(H,21,22,23)/t11-,15+/m0/s1. The molecule has 0 radical (unpaired) electrons. The number of hydrogen-bond donors (Lipinski definition) is 2. The number of benzene rings is 1. The van der Waals surface area contributed by atoms with E-state index in [0.29, 0.717) is 6.04 Å². The van der Waals surface area contributed by atoms with Crippen molar-refractivity contribution in [3.63, 3.8) is 0 Å². The van der Waals surface area contributed by atoms with Crippen molar-refractivity contribution < 1.29 is 0 Å². The van der Waals surface area contributed by atoms with E-state index >= 15 is 0 Å². The zero-order chi connectivity index (χ0) is 16.8. The van der Waals surface area contributed by atoms with Crippen LogP contribution < -0.4 is 10.9 Å². The molecule has 2 atom stereocenters. The van der Waals surface area contributed by atoms with Crippen LogP contribution in [0.25, 0.3) is 10.2 Å². The number of rotatable bonds is 3. The molecule has 2 aromatic heterocycles. The molecule has 1 aliphatic rings. The Bertz CT molecular complexity index is 972. The Kier molecular flexibility index (Phi) is 3.77. The normalized spacial score (nSPS) is 18.0. The summed E-state index contributed by atoms with van der Waals surface area (Å²) in [4.78, 5) is 22.1. The fraction of sp³-hybridized carbons (Fsp3) is 0.368. The molecule has 0 unspecified atom stereocenters. The summed E-state index contributed by atoms with van der Waals surface area (Å²) in [5, 5.41) is 4.37. The maximum Gasteiger partial charge on any atom is 0.259 e. The third kappa shape index (κ3) is 2.48. The minimum absolute atomic E-state index is 0.000897. The largest absolute Gasteiger partial charge is 0.309 e. The lowest BCUT2D eigenvalue weighted by molar-refractivity contribution is 0.450. The fourth-order valence-corrected chi connectivity index (χ4v) is 4.62. The van der Waals surface area contributed by atoms with Gasteiger partial charge >= 0.3 is 0 Å². The van der Waals surface area contributed by atoms with E-state index in [1.165, 1.54) is 11.1 Å². The quantitative estimate of drug-likeness (QED) is 0.760. The van der Waals surface area contributed by atoms with Gasteiger partial charge < -0.3 is 10.3 Å². The molecular weight excluding hydrogens is 318 g/mol. The van der Waals surface area contributed by atoms with Crippen LogP contribution in [-0.2, 0) is 6.42 Å². The maximum absolute atomic E-state index is 12.5. The molecule has 1 aliphatic carbocycles. The van der Waals surface area contributed by atoms with Gasteiger partial charge in [-0.2, -0.15) is 0 Å². The van der Waals surface area contributed by atoms with E-state index < -0.39 is 0 Å². The summed E-state index contributed by atoms with van der Waals surface area (Å²) in [7, 11) is 0. The zero-order valence-corrected chi connectivity index (χ0v) is 15.0. The van der Waals surface area contributed by atoms with Gasteiger partial charge in [-0.15, -0.1) is 11.3 Å². The summed E-state index contributed by atoms with van der Waals surface area (Å²) < 4.78 is 0. The Balaban J connectivity index is 1.65. The Labute approximate surface area is 145 Å². The first kappa shape index (κ1) is 15.5. The van der Waals surface area contributed by atoms with Crippen LogP contribution in [0.3, 0.4) is 0 Å². The Morgan fingerprint density at radius 2 is 2.12 bits per heavy atom. The second-order valence-corrected chi connectivity index (χ2v) is 7.80. The van der Waals surface area contributed by atoms with Crippen molar-refractivity contribution in [1.29, 1.82) is 0 Å². The molecule has 3 aromatic rings. The van der Waals surface area contributed by atoms with Gasteiger partial charge in [-0.3, -0.25) is 4.79 Å². The van der Waals surface area contributed by atoms with Crippen LogP contribution >= 0.6 is 11.3 Å². The smallest absolute Gasteiger partial charge is 0.259 e. The van der Waals surface area contributed by atoms with E-state index in [-0.39, 0.29) is 11.6 Å². The molecule has 124 valence electrons. The molecule has 4 rings (SSSR count). The first-order chi connectivity index (χ1) is 11.5. The molecule has 2 heterocycles. The van der Waals surface area contributed by atoms with E-state index in [0.717, 1.165) is 39.3 Å². The number of thiophene rings is 1. The molecule has 0 aliphatic heterocycles. The van der Waals surface area contributed by atoms with Crippen molar-refractivity contribution in [2.45, 2.75) is 45.7 Å². The highest BCUT2D eigenvalue weighted by molar-refractivity contribution is 7.18. The lowest BCUT2D eigenvalue weighted by Crippen LogP contribution is -2.26. The lowest BCUT2D eigenvalue weighted by atomic mass is 10.1. The van der Waals surface area contributed by atoms with Gasteiger partial charge in [-0.1, -0.05) is 24.3 Å². The van der Waals surface area contributed by atoms with Crippen molar-refractivity contribution in [3.8, 4) is 0 Å².